The van der Waals surface area contributed by atoms with Crippen LogP contribution in [-0.2, 0) is 23.2 Å². The quantitative estimate of drug-likeness (QED) is 0.804. The molecule has 3 heterocycles. The lowest BCUT2D eigenvalue weighted by atomic mass is 9.96. The minimum absolute atomic E-state index is 0.144. The van der Waals surface area contributed by atoms with E-state index < -0.39 is 10.2 Å². The summed E-state index contributed by atoms with van der Waals surface area (Å²) in [5.41, 5.74) is 0. The summed E-state index contributed by atoms with van der Waals surface area (Å²) in [4.78, 5) is 0. The molecule has 0 aromatic carbocycles. The highest BCUT2D eigenvalue weighted by Crippen LogP contribution is 2.36. The van der Waals surface area contributed by atoms with Gasteiger partial charge in [0.15, 0.2) is 5.82 Å². The molecule has 1 aromatic rings. The maximum atomic E-state index is 13.4. The van der Waals surface area contributed by atoms with E-state index in [1.807, 2.05) is 0 Å². The van der Waals surface area contributed by atoms with Gasteiger partial charge >= 0.3 is 0 Å². The van der Waals surface area contributed by atoms with Crippen LogP contribution in [0.5, 0.6) is 0 Å². The topological polar surface area (TPSA) is 71.3 Å². The summed E-state index contributed by atoms with van der Waals surface area (Å²) in [6.45, 7) is 1.51. The minimum Gasteiger partial charge on any atom is -0.314 e. The first kappa shape index (κ1) is 18.4. The smallest absolute Gasteiger partial charge is 0.282 e. The highest BCUT2D eigenvalue weighted by molar-refractivity contribution is 7.86. The van der Waals surface area contributed by atoms with E-state index >= 15 is 0 Å². The monoisotopic (exact) mass is 381 g/mol. The summed E-state index contributed by atoms with van der Waals surface area (Å²) in [6.07, 6.45) is 11.6. The van der Waals surface area contributed by atoms with Crippen LogP contribution in [0.3, 0.4) is 0 Å². The van der Waals surface area contributed by atoms with Gasteiger partial charge in [-0.2, -0.15) is 17.0 Å². The van der Waals surface area contributed by atoms with Crippen LogP contribution in [0, 0.1) is 0 Å². The normalized spacial score (nSPS) is 26.2. The lowest BCUT2D eigenvalue weighted by molar-refractivity contribution is 0.256. The van der Waals surface area contributed by atoms with Crippen LogP contribution in [0.1, 0.15) is 81.9 Å². The lowest BCUT2D eigenvalue weighted by Gasteiger charge is -2.35. The predicted octanol–water partition coefficient (Wildman–Crippen LogP) is 2.65. The fourth-order valence-electron chi connectivity index (χ4n) is 4.83. The number of rotatable bonds is 4. The first-order valence-electron chi connectivity index (χ1n) is 10.3. The maximum absolute atomic E-state index is 13.4. The fraction of sp³-hybridized carbons (Fsp3) is 0.889. The van der Waals surface area contributed by atoms with Crippen molar-refractivity contribution in [3.8, 4) is 0 Å². The Morgan fingerprint density at radius 1 is 0.923 bits per heavy atom. The van der Waals surface area contributed by atoms with Crippen LogP contribution in [0.2, 0.25) is 0 Å². The molecule has 0 unspecified atom stereocenters. The Kier molecular flexibility index (Phi) is 5.34. The molecule has 0 bridgehead atoms. The van der Waals surface area contributed by atoms with Crippen LogP contribution in [0.25, 0.3) is 0 Å². The SMILES string of the molecule is CN(C1CCCCC1)S(=O)(=O)N1CCC[C@@H]1c1nnc2n1CCCCC2. The number of hydrogen-bond acceptors (Lipinski definition) is 4. The summed E-state index contributed by atoms with van der Waals surface area (Å²) >= 11 is 0. The van der Waals surface area contributed by atoms with E-state index in [2.05, 4.69) is 14.8 Å². The van der Waals surface area contributed by atoms with Gasteiger partial charge in [0.05, 0.1) is 6.04 Å². The third kappa shape index (κ3) is 3.31. The highest BCUT2D eigenvalue weighted by atomic mass is 32.2. The second kappa shape index (κ2) is 7.56. The number of hydrogen-bond donors (Lipinski definition) is 0. The third-order valence-electron chi connectivity index (χ3n) is 6.39. The molecule has 0 amide bonds. The third-order valence-corrected chi connectivity index (χ3v) is 8.44. The first-order valence-corrected chi connectivity index (χ1v) is 11.7. The zero-order chi connectivity index (χ0) is 18.1. The molecule has 1 saturated carbocycles. The number of fused-ring (bicyclic) bond motifs is 1. The number of aryl methyl sites for hydroxylation is 1. The summed E-state index contributed by atoms with van der Waals surface area (Å²) in [7, 11) is -1.69. The molecule has 0 N–H and O–H groups in total. The van der Waals surface area contributed by atoms with Crippen molar-refractivity contribution < 1.29 is 8.42 Å². The Bertz CT molecular complexity index is 726. The van der Waals surface area contributed by atoms with Crippen LogP contribution in [-0.4, -0.2) is 51.4 Å². The lowest BCUT2D eigenvalue weighted by Crippen LogP contribution is -2.47. The van der Waals surface area contributed by atoms with Crippen LogP contribution >= 0.6 is 0 Å². The Hall–Kier alpha value is -0.990. The Morgan fingerprint density at radius 2 is 1.69 bits per heavy atom. The molecular formula is C18H31N5O2S. The Balaban J connectivity index is 1.59. The van der Waals surface area contributed by atoms with Gasteiger partial charge in [-0.25, -0.2) is 0 Å². The van der Waals surface area contributed by atoms with Gasteiger partial charge in [0.25, 0.3) is 10.2 Å². The van der Waals surface area contributed by atoms with Crippen molar-refractivity contribution in [3.05, 3.63) is 11.6 Å². The molecule has 1 saturated heterocycles. The van der Waals surface area contributed by atoms with Gasteiger partial charge in [-0.05, 0) is 38.5 Å². The highest BCUT2D eigenvalue weighted by Gasteiger charge is 2.42. The summed E-state index contributed by atoms with van der Waals surface area (Å²) < 4.78 is 32.3. The van der Waals surface area contributed by atoms with Crippen LogP contribution in [0.4, 0.5) is 0 Å². The van der Waals surface area contributed by atoms with E-state index in [1.54, 1.807) is 15.7 Å². The predicted molar refractivity (Wildman–Crippen MR) is 99.8 cm³/mol. The first-order chi connectivity index (χ1) is 12.6. The zero-order valence-electron chi connectivity index (χ0n) is 15.8. The average Bonchev–Trinajstić information content (AvgIpc) is 3.23. The summed E-state index contributed by atoms with van der Waals surface area (Å²) in [5, 5.41) is 8.84. The number of nitrogens with zero attached hydrogens (tertiary/aromatic N) is 5. The molecular weight excluding hydrogens is 350 g/mol. The van der Waals surface area contributed by atoms with Gasteiger partial charge in [0.1, 0.15) is 5.82 Å². The Labute approximate surface area is 156 Å². The summed E-state index contributed by atoms with van der Waals surface area (Å²) in [5.74, 6) is 1.89. The molecule has 146 valence electrons. The van der Waals surface area contributed by atoms with Crippen molar-refractivity contribution in [2.45, 2.75) is 89.3 Å². The van der Waals surface area contributed by atoms with Crippen LogP contribution in [0.15, 0.2) is 0 Å². The minimum atomic E-state index is -3.46. The molecule has 0 spiro atoms. The van der Waals surface area contributed by atoms with Gasteiger partial charge in [-0.3, -0.25) is 0 Å². The number of aromatic nitrogens is 3. The molecule has 7 nitrogen and oxygen atoms in total. The van der Waals surface area contributed by atoms with Gasteiger partial charge in [-0.1, -0.05) is 25.7 Å². The largest absolute Gasteiger partial charge is 0.314 e. The standard InChI is InChI=1S/C18H31N5O2S/c1-21(15-9-4-2-5-10-15)26(24,25)23-14-8-11-16(23)18-20-19-17-12-6-3-7-13-22(17)18/h15-16H,2-14H2,1H3/t16-/m1/s1. The summed E-state index contributed by atoms with van der Waals surface area (Å²) in [6, 6.07) is -0.0177. The fourth-order valence-corrected chi connectivity index (χ4v) is 6.63. The van der Waals surface area contributed by atoms with Gasteiger partial charge in [0, 0.05) is 32.6 Å². The molecule has 2 aliphatic heterocycles. The molecule has 2 fully saturated rings. The second-order valence-electron chi connectivity index (χ2n) is 8.02. The molecule has 1 aliphatic carbocycles. The van der Waals surface area contributed by atoms with Crippen molar-refractivity contribution >= 4 is 10.2 Å². The van der Waals surface area contributed by atoms with E-state index in [-0.39, 0.29) is 12.1 Å². The maximum Gasteiger partial charge on any atom is 0.282 e. The molecule has 0 radical (unpaired) electrons. The van der Waals surface area contributed by atoms with Crippen molar-refractivity contribution in [1.82, 2.24) is 23.4 Å². The molecule has 4 rings (SSSR count). The van der Waals surface area contributed by atoms with Crippen molar-refractivity contribution in [3.63, 3.8) is 0 Å². The average molecular weight is 382 g/mol. The van der Waals surface area contributed by atoms with Crippen molar-refractivity contribution in [2.24, 2.45) is 0 Å². The molecule has 1 atom stereocenters. The molecule has 26 heavy (non-hydrogen) atoms. The molecule has 8 heteroatoms. The van der Waals surface area contributed by atoms with E-state index in [0.29, 0.717) is 6.54 Å². The van der Waals surface area contributed by atoms with E-state index in [1.165, 1.54) is 12.8 Å². The van der Waals surface area contributed by atoms with Gasteiger partial charge in [-0.15, -0.1) is 10.2 Å². The van der Waals surface area contributed by atoms with Crippen molar-refractivity contribution in [2.75, 3.05) is 13.6 Å². The molecule has 3 aliphatic rings. The zero-order valence-corrected chi connectivity index (χ0v) is 16.6. The Morgan fingerprint density at radius 3 is 2.50 bits per heavy atom. The van der Waals surface area contributed by atoms with E-state index in [4.69, 9.17) is 0 Å². The second-order valence-corrected chi connectivity index (χ2v) is 9.96. The van der Waals surface area contributed by atoms with E-state index in [9.17, 15) is 8.42 Å². The van der Waals surface area contributed by atoms with Crippen LogP contribution < -0.4 is 0 Å². The van der Waals surface area contributed by atoms with E-state index in [0.717, 1.165) is 76.0 Å². The van der Waals surface area contributed by atoms with Crippen molar-refractivity contribution in [1.29, 1.82) is 0 Å². The van der Waals surface area contributed by atoms with Gasteiger partial charge < -0.3 is 4.57 Å². The van der Waals surface area contributed by atoms with Gasteiger partial charge in [0.2, 0.25) is 0 Å². The molecule has 1 aromatic heterocycles.